The van der Waals surface area contributed by atoms with E-state index in [1.54, 1.807) is 30.3 Å². The largest absolute Gasteiger partial charge is 0.493 e. The molecule has 160 valence electrons. The molecule has 0 radical (unpaired) electrons. The molecule has 0 saturated heterocycles. The van der Waals surface area contributed by atoms with Crippen LogP contribution in [-0.4, -0.2) is 24.5 Å². The van der Waals surface area contributed by atoms with E-state index in [0.717, 1.165) is 5.56 Å². The zero-order valence-corrected chi connectivity index (χ0v) is 18.2. The number of non-ortho nitro benzene ring substituents is 1. The van der Waals surface area contributed by atoms with Crippen LogP contribution in [0.15, 0.2) is 71.2 Å². The standard InChI is InChI=1S/C22H20BrN3O5/c1-30-20-11-15(13-24-17-8-5-9-18(12-17)26(28)29)10-19(23)22(20)31-14-21(27)25-16-6-3-2-4-7-16/h2-12,24H,13-14H2,1H3,(H,25,27). The predicted molar refractivity (Wildman–Crippen MR) is 122 cm³/mol. The summed E-state index contributed by atoms with van der Waals surface area (Å²) >= 11 is 3.46. The van der Waals surface area contributed by atoms with E-state index in [1.807, 2.05) is 24.3 Å². The normalized spacial score (nSPS) is 10.3. The van der Waals surface area contributed by atoms with Gasteiger partial charge in [0.25, 0.3) is 11.6 Å². The number of carbonyl (C=O) groups is 1. The smallest absolute Gasteiger partial charge is 0.271 e. The number of methoxy groups -OCH3 is 1. The maximum atomic E-state index is 12.1. The van der Waals surface area contributed by atoms with Crippen LogP contribution in [0.3, 0.4) is 0 Å². The van der Waals surface area contributed by atoms with Crippen molar-refractivity contribution < 1.29 is 19.2 Å². The molecule has 0 atom stereocenters. The highest BCUT2D eigenvalue weighted by Gasteiger charge is 2.14. The van der Waals surface area contributed by atoms with Gasteiger partial charge in [0.2, 0.25) is 0 Å². The van der Waals surface area contributed by atoms with E-state index in [9.17, 15) is 14.9 Å². The molecule has 0 aliphatic heterocycles. The Morgan fingerprint density at radius 2 is 1.81 bits per heavy atom. The summed E-state index contributed by atoms with van der Waals surface area (Å²) in [5.74, 6) is 0.569. The molecular formula is C22H20BrN3O5. The van der Waals surface area contributed by atoms with Crippen molar-refractivity contribution in [3.63, 3.8) is 0 Å². The number of rotatable bonds is 9. The number of hydrogen-bond acceptors (Lipinski definition) is 6. The molecule has 31 heavy (non-hydrogen) atoms. The molecule has 9 heteroatoms. The van der Waals surface area contributed by atoms with Gasteiger partial charge in [-0.05, 0) is 51.8 Å². The molecule has 0 aliphatic rings. The number of amides is 1. The number of halogens is 1. The molecule has 0 bridgehead atoms. The SMILES string of the molecule is COc1cc(CNc2cccc([N+](=O)[O-])c2)cc(Br)c1OCC(=O)Nc1ccccc1. The van der Waals surface area contributed by atoms with Crippen LogP contribution in [-0.2, 0) is 11.3 Å². The van der Waals surface area contributed by atoms with Gasteiger partial charge in [-0.3, -0.25) is 14.9 Å². The van der Waals surface area contributed by atoms with Gasteiger partial charge in [0.1, 0.15) is 0 Å². The number of carbonyl (C=O) groups excluding carboxylic acids is 1. The number of nitro groups is 1. The minimum absolute atomic E-state index is 0.0151. The lowest BCUT2D eigenvalue weighted by Gasteiger charge is -2.15. The minimum Gasteiger partial charge on any atom is -0.493 e. The quantitative estimate of drug-likeness (QED) is 0.326. The molecule has 8 nitrogen and oxygen atoms in total. The summed E-state index contributed by atoms with van der Waals surface area (Å²) in [7, 11) is 1.51. The van der Waals surface area contributed by atoms with Crippen LogP contribution < -0.4 is 20.1 Å². The van der Waals surface area contributed by atoms with Gasteiger partial charge in [0.05, 0.1) is 16.5 Å². The van der Waals surface area contributed by atoms with Crippen LogP contribution in [0.4, 0.5) is 17.1 Å². The summed E-state index contributed by atoms with van der Waals surface area (Å²) in [6.07, 6.45) is 0. The van der Waals surface area contributed by atoms with E-state index >= 15 is 0 Å². The van der Waals surface area contributed by atoms with Crippen molar-refractivity contribution in [2.45, 2.75) is 6.54 Å². The van der Waals surface area contributed by atoms with Gasteiger partial charge in [0.15, 0.2) is 18.1 Å². The molecule has 0 heterocycles. The van der Waals surface area contributed by atoms with Crippen LogP contribution in [0.5, 0.6) is 11.5 Å². The Labute approximate surface area is 187 Å². The molecule has 2 N–H and O–H groups in total. The monoisotopic (exact) mass is 485 g/mol. The summed E-state index contributed by atoms with van der Waals surface area (Å²) in [6, 6.07) is 19.0. The molecule has 0 aliphatic carbocycles. The highest BCUT2D eigenvalue weighted by Crippen LogP contribution is 2.37. The van der Waals surface area contributed by atoms with Crippen LogP contribution in [0.25, 0.3) is 0 Å². The summed E-state index contributed by atoms with van der Waals surface area (Å²) in [5.41, 5.74) is 2.18. The average Bonchev–Trinajstić information content (AvgIpc) is 2.77. The maximum Gasteiger partial charge on any atom is 0.271 e. The van der Waals surface area contributed by atoms with E-state index in [4.69, 9.17) is 9.47 Å². The number of nitrogens with zero attached hydrogens (tertiary/aromatic N) is 1. The van der Waals surface area contributed by atoms with Crippen molar-refractivity contribution in [3.05, 3.63) is 86.9 Å². The highest BCUT2D eigenvalue weighted by atomic mass is 79.9. The summed E-state index contributed by atoms with van der Waals surface area (Å²) in [5, 5.41) is 16.8. The van der Waals surface area contributed by atoms with Crippen LogP contribution in [0.1, 0.15) is 5.56 Å². The van der Waals surface area contributed by atoms with E-state index in [2.05, 4.69) is 26.6 Å². The number of anilines is 2. The molecule has 0 saturated carbocycles. The first kappa shape index (κ1) is 22.1. The number of nitrogens with one attached hydrogen (secondary N) is 2. The van der Waals surface area contributed by atoms with Gasteiger partial charge >= 0.3 is 0 Å². The lowest BCUT2D eigenvalue weighted by atomic mass is 10.2. The predicted octanol–water partition coefficient (Wildman–Crippen LogP) is 5.00. The lowest BCUT2D eigenvalue weighted by Crippen LogP contribution is -2.20. The fourth-order valence-electron chi connectivity index (χ4n) is 2.81. The fraction of sp³-hybridized carbons (Fsp3) is 0.136. The molecule has 3 rings (SSSR count). The highest BCUT2D eigenvalue weighted by molar-refractivity contribution is 9.10. The molecule has 1 amide bonds. The molecule has 3 aromatic carbocycles. The van der Waals surface area contributed by atoms with E-state index in [-0.39, 0.29) is 18.2 Å². The van der Waals surface area contributed by atoms with Gasteiger partial charge < -0.3 is 20.1 Å². The topological polar surface area (TPSA) is 103 Å². The Morgan fingerprint density at radius 1 is 1.06 bits per heavy atom. The zero-order valence-electron chi connectivity index (χ0n) is 16.6. The van der Waals surface area contributed by atoms with Crippen molar-refractivity contribution in [2.24, 2.45) is 0 Å². The average molecular weight is 486 g/mol. The van der Waals surface area contributed by atoms with Crippen LogP contribution >= 0.6 is 15.9 Å². The second kappa shape index (κ2) is 10.4. The van der Waals surface area contributed by atoms with Gasteiger partial charge in [-0.15, -0.1) is 0 Å². The molecule has 0 spiro atoms. The Kier molecular flexibility index (Phi) is 7.45. The fourth-order valence-corrected chi connectivity index (χ4v) is 3.41. The first-order valence-corrected chi connectivity index (χ1v) is 10.1. The van der Waals surface area contributed by atoms with E-state index in [1.165, 1.54) is 19.2 Å². The van der Waals surface area contributed by atoms with Crippen LogP contribution in [0.2, 0.25) is 0 Å². The second-order valence-electron chi connectivity index (χ2n) is 6.47. The molecule has 0 unspecified atom stereocenters. The van der Waals surface area contributed by atoms with Crippen molar-refractivity contribution in [3.8, 4) is 11.5 Å². The lowest BCUT2D eigenvalue weighted by molar-refractivity contribution is -0.384. The van der Waals surface area contributed by atoms with E-state index < -0.39 is 4.92 Å². The number of benzene rings is 3. The first-order valence-electron chi connectivity index (χ1n) is 9.28. The molecule has 0 aromatic heterocycles. The summed E-state index contributed by atoms with van der Waals surface area (Å²) in [4.78, 5) is 22.6. The maximum absolute atomic E-state index is 12.1. The third kappa shape index (κ3) is 6.19. The number of ether oxygens (including phenoxy) is 2. The zero-order chi connectivity index (χ0) is 22.2. The molecule has 3 aromatic rings. The Morgan fingerprint density at radius 3 is 2.52 bits per heavy atom. The van der Waals surface area contributed by atoms with Gasteiger partial charge in [0, 0.05) is 30.1 Å². The third-order valence-electron chi connectivity index (χ3n) is 4.25. The van der Waals surface area contributed by atoms with E-state index in [0.29, 0.717) is 33.9 Å². The van der Waals surface area contributed by atoms with Crippen molar-refractivity contribution in [2.75, 3.05) is 24.4 Å². The minimum atomic E-state index is -0.440. The Balaban J connectivity index is 1.65. The molecular weight excluding hydrogens is 466 g/mol. The van der Waals surface area contributed by atoms with Crippen molar-refractivity contribution in [1.29, 1.82) is 0 Å². The van der Waals surface area contributed by atoms with Crippen LogP contribution in [0, 0.1) is 10.1 Å². The van der Waals surface area contributed by atoms with Gasteiger partial charge in [-0.1, -0.05) is 24.3 Å². The summed E-state index contributed by atoms with van der Waals surface area (Å²) < 4.78 is 11.7. The summed E-state index contributed by atoms with van der Waals surface area (Å²) in [6.45, 7) is 0.222. The third-order valence-corrected chi connectivity index (χ3v) is 4.84. The second-order valence-corrected chi connectivity index (χ2v) is 7.33. The van der Waals surface area contributed by atoms with Crippen molar-refractivity contribution in [1.82, 2.24) is 0 Å². The number of hydrogen-bond donors (Lipinski definition) is 2. The van der Waals surface area contributed by atoms with Gasteiger partial charge in [-0.25, -0.2) is 0 Å². The Bertz CT molecular complexity index is 1080. The number of para-hydroxylation sites is 1. The Hall–Kier alpha value is -3.59. The molecule has 0 fully saturated rings. The number of nitro benzene ring substituents is 1. The van der Waals surface area contributed by atoms with Gasteiger partial charge in [-0.2, -0.15) is 0 Å². The van der Waals surface area contributed by atoms with Crippen molar-refractivity contribution >= 4 is 38.9 Å². The first-order chi connectivity index (χ1) is 15.0.